The maximum Gasteiger partial charge on any atom is 0.307 e. The van der Waals surface area contributed by atoms with Crippen molar-refractivity contribution in [2.45, 2.75) is 12.8 Å². The van der Waals surface area contributed by atoms with Gasteiger partial charge in [-0.1, -0.05) is 42.0 Å². The van der Waals surface area contributed by atoms with Gasteiger partial charge in [-0.25, -0.2) is 0 Å². The third-order valence-electron chi connectivity index (χ3n) is 6.24. The molecule has 172 valence electrons. The minimum atomic E-state index is -0.985. The number of allylic oxidation sites excluding steroid dienone is 2. The summed E-state index contributed by atoms with van der Waals surface area (Å²) < 4.78 is 0. The summed E-state index contributed by atoms with van der Waals surface area (Å²) in [5.74, 6) is -2.96. The number of hydrogen-bond donors (Lipinski definition) is 2. The normalized spacial score (nSPS) is 20.4. The van der Waals surface area contributed by atoms with Crippen LogP contribution in [0.15, 0.2) is 60.7 Å². The molecule has 2 amide bonds. The summed E-state index contributed by atoms with van der Waals surface area (Å²) in [6.45, 7) is 2.44. The van der Waals surface area contributed by atoms with Crippen LogP contribution in [0.2, 0.25) is 5.02 Å². The fourth-order valence-corrected chi connectivity index (χ4v) is 4.58. The lowest BCUT2D eigenvalue weighted by Crippen LogP contribution is -2.49. The van der Waals surface area contributed by atoms with Crippen LogP contribution in [0, 0.1) is 11.8 Å². The second kappa shape index (κ2) is 10.1. The predicted molar refractivity (Wildman–Crippen MR) is 128 cm³/mol. The summed E-state index contributed by atoms with van der Waals surface area (Å²) in [6.07, 6.45) is 4.32. The molecule has 2 N–H and O–H groups in total. The number of halogens is 1. The molecule has 33 heavy (non-hydrogen) atoms. The number of carbonyl (C=O) groups is 3. The van der Waals surface area contributed by atoms with Crippen molar-refractivity contribution in [1.29, 1.82) is 0 Å². The molecule has 0 unspecified atom stereocenters. The number of nitrogens with zero attached hydrogens (tertiary/aromatic N) is 2. The van der Waals surface area contributed by atoms with Gasteiger partial charge in [0.25, 0.3) is 5.91 Å². The number of hydrogen-bond acceptors (Lipinski definition) is 4. The monoisotopic (exact) mass is 467 g/mol. The molecule has 1 saturated heterocycles. The Kier molecular flexibility index (Phi) is 6.99. The first-order valence-corrected chi connectivity index (χ1v) is 11.4. The van der Waals surface area contributed by atoms with Gasteiger partial charge in [-0.2, -0.15) is 0 Å². The summed E-state index contributed by atoms with van der Waals surface area (Å²) in [5, 5.41) is 13.0. The smallest absolute Gasteiger partial charge is 0.307 e. The van der Waals surface area contributed by atoms with Gasteiger partial charge < -0.3 is 20.2 Å². The standard InChI is InChI=1S/C25H26ClN3O4/c26-17-6-5-7-18(16-17)28-12-14-29(15-13-28)24(31)21-10-3-4-11-22(21)27-23(30)19-8-1-2-9-20(19)25(32)33/h1-7,10-11,16,19-20H,8-9,12-15H2,(H,27,30)(H,32,33)/t19-,20-/m1/s1. The molecule has 0 bridgehead atoms. The number of carboxylic acids is 1. The molecule has 0 radical (unpaired) electrons. The minimum Gasteiger partial charge on any atom is -0.481 e. The van der Waals surface area contributed by atoms with E-state index in [1.54, 1.807) is 35.2 Å². The minimum absolute atomic E-state index is 0.157. The number of para-hydroxylation sites is 1. The molecule has 0 aromatic heterocycles. The van der Waals surface area contributed by atoms with Crippen LogP contribution < -0.4 is 10.2 Å². The molecule has 4 rings (SSSR count). The Labute approximate surface area is 197 Å². The van der Waals surface area contributed by atoms with E-state index in [2.05, 4.69) is 10.2 Å². The SMILES string of the molecule is O=C(O)[C@@H]1CC=CC[C@H]1C(=O)Nc1ccccc1C(=O)N1CCN(c2cccc(Cl)c2)CC1. The van der Waals surface area contributed by atoms with E-state index >= 15 is 0 Å². The van der Waals surface area contributed by atoms with Crippen LogP contribution in [-0.4, -0.2) is 54.0 Å². The largest absolute Gasteiger partial charge is 0.481 e. The van der Waals surface area contributed by atoms with Gasteiger partial charge in [0, 0.05) is 36.9 Å². The number of rotatable bonds is 5. The molecule has 7 nitrogen and oxygen atoms in total. The molecule has 0 saturated carbocycles. The molecule has 2 aromatic carbocycles. The van der Waals surface area contributed by atoms with Crippen molar-refractivity contribution < 1.29 is 19.5 Å². The van der Waals surface area contributed by atoms with Crippen molar-refractivity contribution in [1.82, 2.24) is 4.90 Å². The van der Waals surface area contributed by atoms with E-state index in [4.69, 9.17) is 11.6 Å². The summed E-state index contributed by atoms with van der Waals surface area (Å²) in [6, 6.07) is 14.5. The number of carboxylic acid groups (broad SMARTS) is 1. The molecule has 2 aliphatic rings. The maximum atomic E-state index is 13.3. The van der Waals surface area contributed by atoms with Crippen molar-refractivity contribution in [3.8, 4) is 0 Å². The number of aliphatic carboxylic acids is 1. The Morgan fingerprint density at radius 3 is 2.30 bits per heavy atom. The predicted octanol–water partition coefficient (Wildman–Crippen LogP) is 3.91. The average Bonchev–Trinajstić information content (AvgIpc) is 2.84. The lowest BCUT2D eigenvalue weighted by molar-refractivity contribution is -0.146. The lowest BCUT2D eigenvalue weighted by Gasteiger charge is -2.36. The molecule has 1 heterocycles. The van der Waals surface area contributed by atoms with Gasteiger partial charge in [0.05, 0.1) is 23.1 Å². The molecular weight excluding hydrogens is 442 g/mol. The third-order valence-corrected chi connectivity index (χ3v) is 6.48. The average molecular weight is 468 g/mol. The van der Waals surface area contributed by atoms with Crippen LogP contribution in [0.1, 0.15) is 23.2 Å². The fourth-order valence-electron chi connectivity index (χ4n) is 4.39. The van der Waals surface area contributed by atoms with E-state index in [1.807, 2.05) is 30.3 Å². The highest BCUT2D eigenvalue weighted by atomic mass is 35.5. The summed E-state index contributed by atoms with van der Waals surface area (Å²) in [5.41, 5.74) is 1.83. The van der Waals surface area contributed by atoms with Gasteiger partial charge in [0.15, 0.2) is 0 Å². The van der Waals surface area contributed by atoms with Crippen molar-refractivity contribution >= 4 is 40.8 Å². The summed E-state index contributed by atoms with van der Waals surface area (Å²) >= 11 is 6.10. The first-order valence-electron chi connectivity index (χ1n) is 11.0. The zero-order valence-corrected chi connectivity index (χ0v) is 18.9. The zero-order valence-electron chi connectivity index (χ0n) is 18.1. The first-order chi connectivity index (χ1) is 15.9. The van der Waals surface area contributed by atoms with E-state index in [0.29, 0.717) is 55.3 Å². The van der Waals surface area contributed by atoms with Crippen molar-refractivity contribution in [3.05, 3.63) is 71.3 Å². The molecule has 1 aliphatic carbocycles. The van der Waals surface area contributed by atoms with E-state index in [1.165, 1.54) is 0 Å². The number of anilines is 2. The maximum absolute atomic E-state index is 13.3. The van der Waals surface area contributed by atoms with Crippen molar-refractivity contribution in [2.75, 3.05) is 36.4 Å². The van der Waals surface area contributed by atoms with Gasteiger partial charge in [0.2, 0.25) is 5.91 Å². The topological polar surface area (TPSA) is 89.9 Å². The highest BCUT2D eigenvalue weighted by Crippen LogP contribution is 2.28. The molecule has 1 fully saturated rings. The lowest BCUT2D eigenvalue weighted by atomic mass is 9.82. The number of amides is 2. The summed E-state index contributed by atoms with van der Waals surface area (Å²) in [7, 11) is 0. The highest BCUT2D eigenvalue weighted by Gasteiger charge is 2.34. The number of benzene rings is 2. The second-order valence-corrected chi connectivity index (χ2v) is 8.72. The first kappa shape index (κ1) is 22.9. The molecule has 2 aromatic rings. The van der Waals surface area contributed by atoms with E-state index in [0.717, 1.165) is 5.69 Å². The van der Waals surface area contributed by atoms with E-state index in [-0.39, 0.29) is 11.8 Å². The second-order valence-electron chi connectivity index (χ2n) is 8.29. The molecule has 8 heteroatoms. The molecule has 0 spiro atoms. The van der Waals surface area contributed by atoms with E-state index in [9.17, 15) is 19.5 Å². The quantitative estimate of drug-likeness (QED) is 0.651. The van der Waals surface area contributed by atoms with Gasteiger partial charge in [-0.05, 0) is 43.2 Å². The van der Waals surface area contributed by atoms with Gasteiger partial charge in [0.1, 0.15) is 0 Å². The Hall–Kier alpha value is -3.32. The number of piperazine rings is 1. The zero-order chi connectivity index (χ0) is 23.4. The van der Waals surface area contributed by atoms with Crippen LogP contribution in [0.3, 0.4) is 0 Å². The van der Waals surface area contributed by atoms with Gasteiger partial charge >= 0.3 is 5.97 Å². The third kappa shape index (κ3) is 5.20. The number of nitrogens with one attached hydrogen (secondary N) is 1. The highest BCUT2D eigenvalue weighted by molar-refractivity contribution is 6.30. The fraction of sp³-hybridized carbons (Fsp3) is 0.320. The van der Waals surface area contributed by atoms with Crippen LogP contribution in [-0.2, 0) is 9.59 Å². The number of carbonyl (C=O) groups excluding carboxylic acids is 2. The van der Waals surface area contributed by atoms with Crippen LogP contribution in [0.5, 0.6) is 0 Å². The van der Waals surface area contributed by atoms with Crippen molar-refractivity contribution in [2.24, 2.45) is 11.8 Å². The van der Waals surface area contributed by atoms with E-state index < -0.39 is 17.8 Å². The van der Waals surface area contributed by atoms with Gasteiger partial charge in [-0.15, -0.1) is 0 Å². The van der Waals surface area contributed by atoms with Gasteiger partial charge in [-0.3, -0.25) is 14.4 Å². The van der Waals surface area contributed by atoms with Crippen LogP contribution in [0.4, 0.5) is 11.4 Å². The Morgan fingerprint density at radius 2 is 1.61 bits per heavy atom. The Bertz CT molecular complexity index is 1080. The molecular formula is C25H26ClN3O4. The molecule has 2 atom stereocenters. The van der Waals surface area contributed by atoms with Crippen LogP contribution in [0.25, 0.3) is 0 Å². The Morgan fingerprint density at radius 1 is 0.909 bits per heavy atom. The van der Waals surface area contributed by atoms with Crippen molar-refractivity contribution in [3.63, 3.8) is 0 Å². The summed E-state index contributed by atoms with van der Waals surface area (Å²) in [4.78, 5) is 41.7. The molecule has 1 aliphatic heterocycles. The Balaban J connectivity index is 1.44. The van der Waals surface area contributed by atoms with Crippen LogP contribution >= 0.6 is 11.6 Å².